The first kappa shape index (κ1) is 19.1. The highest BCUT2D eigenvalue weighted by Crippen LogP contribution is 2.24. The third-order valence-electron chi connectivity index (χ3n) is 4.37. The fourth-order valence-electron chi connectivity index (χ4n) is 2.95. The van der Waals surface area contributed by atoms with Crippen LogP contribution in [0.3, 0.4) is 0 Å². The molecule has 1 saturated heterocycles. The molecule has 1 heterocycles. The number of hydrogen-bond acceptors (Lipinski definition) is 5. The molecule has 0 aliphatic carbocycles. The van der Waals surface area contributed by atoms with Gasteiger partial charge in [-0.15, -0.1) is 0 Å². The van der Waals surface area contributed by atoms with Gasteiger partial charge in [0.2, 0.25) is 0 Å². The summed E-state index contributed by atoms with van der Waals surface area (Å²) < 4.78 is 6.44. The van der Waals surface area contributed by atoms with Crippen LogP contribution in [0.25, 0.3) is 0 Å². The molecule has 7 heteroatoms. The first-order valence-electron chi connectivity index (χ1n) is 8.99. The molecule has 3 rings (SSSR count). The van der Waals surface area contributed by atoms with E-state index in [9.17, 15) is 9.59 Å². The largest absolute Gasteiger partial charge is 0.484 e. The Morgan fingerprint density at radius 3 is 2.33 bits per heavy atom. The number of thiol groups is 1. The second-order valence-corrected chi connectivity index (χ2v) is 6.73. The van der Waals surface area contributed by atoms with Crippen molar-refractivity contribution in [2.75, 3.05) is 28.9 Å². The quantitative estimate of drug-likeness (QED) is 0.772. The number of imide groups is 1. The molecule has 0 bridgehead atoms. The molecular formula is C20H23N3O3S. The van der Waals surface area contributed by atoms with Gasteiger partial charge in [-0.1, -0.05) is 31.0 Å². The Morgan fingerprint density at radius 1 is 1.00 bits per heavy atom. The maximum Gasteiger partial charge on any atom is 0.338 e. The zero-order valence-corrected chi connectivity index (χ0v) is 15.9. The average molecular weight is 385 g/mol. The number of ether oxygens (including phenoxy) is 1. The molecule has 0 saturated carbocycles. The molecule has 0 unspecified atom stereocenters. The van der Waals surface area contributed by atoms with E-state index in [-0.39, 0.29) is 6.61 Å². The standard InChI is InChI=1S/C20H23N3O3S/c24-19(15-26-18-7-3-1-4-8-18)21-20(25)23(27)17-11-9-16(10-12-17)22-13-5-2-6-14-22/h1,3-4,7-12,27H,2,5-6,13-15H2,(H,21,24,25). The summed E-state index contributed by atoms with van der Waals surface area (Å²) in [7, 11) is 0. The normalized spacial score (nSPS) is 13.7. The fourth-order valence-corrected chi connectivity index (χ4v) is 3.13. The Morgan fingerprint density at radius 2 is 1.67 bits per heavy atom. The van der Waals surface area contributed by atoms with Crippen LogP contribution in [0.1, 0.15) is 19.3 Å². The minimum absolute atomic E-state index is 0.245. The van der Waals surface area contributed by atoms with Gasteiger partial charge in [0.15, 0.2) is 6.61 Å². The van der Waals surface area contributed by atoms with E-state index >= 15 is 0 Å². The summed E-state index contributed by atoms with van der Waals surface area (Å²) in [6.45, 7) is 1.87. The number of carbonyl (C=O) groups excluding carboxylic acids is 2. The number of carbonyl (C=O) groups is 2. The molecule has 0 aromatic heterocycles. The van der Waals surface area contributed by atoms with Crippen LogP contribution in [0.15, 0.2) is 54.6 Å². The van der Waals surface area contributed by atoms with Crippen LogP contribution in [-0.4, -0.2) is 31.6 Å². The molecule has 0 atom stereocenters. The molecule has 0 spiro atoms. The summed E-state index contributed by atoms with van der Waals surface area (Å²) in [5, 5.41) is 2.26. The monoisotopic (exact) mass is 385 g/mol. The molecule has 2 aromatic rings. The van der Waals surface area contributed by atoms with Crippen molar-refractivity contribution >= 4 is 36.1 Å². The van der Waals surface area contributed by atoms with Crippen molar-refractivity contribution in [1.82, 2.24) is 5.32 Å². The number of benzene rings is 2. The summed E-state index contributed by atoms with van der Waals surface area (Å²) in [6, 6.07) is 15.9. The highest BCUT2D eigenvalue weighted by Gasteiger charge is 2.17. The minimum Gasteiger partial charge on any atom is -0.484 e. The van der Waals surface area contributed by atoms with E-state index < -0.39 is 11.9 Å². The predicted molar refractivity (Wildman–Crippen MR) is 109 cm³/mol. The van der Waals surface area contributed by atoms with E-state index in [4.69, 9.17) is 4.74 Å². The zero-order valence-electron chi connectivity index (χ0n) is 15.0. The molecule has 27 heavy (non-hydrogen) atoms. The van der Waals surface area contributed by atoms with Crippen LogP contribution < -0.4 is 19.3 Å². The lowest BCUT2D eigenvalue weighted by Gasteiger charge is -2.29. The number of piperidine rings is 1. The maximum atomic E-state index is 12.2. The number of hydrogen-bond donors (Lipinski definition) is 2. The molecule has 1 fully saturated rings. The van der Waals surface area contributed by atoms with E-state index in [1.807, 2.05) is 30.3 Å². The SMILES string of the molecule is O=C(COc1ccccc1)NC(=O)N(S)c1ccc(N2CCCCC2)cc1. The summed E-state index contributed by atoms with van der Waals surface area (Å²) >= 11 is 4.20. The van der Waals surface area contributed by atoms with Gasteiger partial charge in [-0.2, -0.15) is 0 Å². The van der Waals surface area contributed by atoms with E-state index in [1.54, 1.807) is 24.3 Å². The first-order chi connectivity index (χ1) is 13.1. The van der Waals surface area contributed by atoms with Crippen LogP contribution in [-0.2, 0) is 4.79 Å². The predicted octanol–water partition coefficient (Wildman–Crippen LogP) is 3.64. The van der Waals surface area contributed by atoms with Crippen molar-refractivity contribution in [3.8, 4) is 5.75 Å². The lowest BCUT2D eigenvalue weighted by atomic mass is 10.1. The first-order valence-corrected chi connectivity index (χ1v) is 9.39. The Bertz CT molecular complexity index is 762. The summed E-state index contributed by atoms with van der Waals surface area (Å²) in [6.07, 6.45) is 3.69. The maximum absolute atomic E-state index is 12.2. The average Bonchev–Trinajstić information content (AvgIpc) is 2.73. The Hall–Kier alpha value is -2.67. The molecule has 1 aliphatic rings. The second-order valence-electron chi connectivity index (χ2n) is 6.33. The molecule has 1 aliphatic heterocycles. The molecule has 1 N–H and O–H groups in total. The Kier molecular flexibility index (Phi) is 6.59. The van der Waals surface area contributed by atoms with Gasteiger partial charge in [0, 0.05) is 18.8 Å². The van der Waals surface area contributed by atoms with Crippen LogP contribution in [0.4, 0.5) is 16.2 Å². The van der Waals surface area contributed by atoms with E-state index in [0.717, 1.165) is 23.1 Å². The third-order valence-corrected chi connectivity index (χ3v) is 4.78. The number of rotatable bonds is 5. The molecule has 3 amide bonds. The minimum atomic E-state index is -0.620. The molecule has 142 valence electrons. The van der Waals surface area contributed by atoms with E-state index in [0.29, 0.717) is 11.4 Å². The van der Waals surface area contributed by atoms with Gasteiger partial charge in [-0.3, -0.25) is 10.1 Å². The van der Waals surface area contributed by atoms with E-state index in [1.165, 1.54) is 19.3 Å². The highest BCUT2D eigenvalue weighted by atomic mass is 32.1. The van der Waals surface area contributed by atoms with Crippen molar-refractivity contribution in [2.45, 2.75) is 19.3 Å². The number of anilines is 2. The summed E-state index contributed by atoms with van der Waals surface area (Å²) in [5.74, 6) is 0.0315. The number of nitrogens with zero attached hydrogens (tertiary/aromatic N) is 2. The zero-order chi connectivity index (χ0) is 19.1. The fraction of sp³-hybridized carbons (Fsp3) is 0.300. The highest BCUT2D eigenvalue weighted by molar-refractivity contribution is 7.82. The number of para-hydroxylation sites is 1. The molecule has 0 radical (unpaired) electrons. The lowest BCUT2D eigenvalue weighted by molar-refractivity contribution is -0.121. The Balaban J connectivity index is 1.51. The third kappa shape index (κ3) is 5.40. The lowest BCUT2D eigenvalue weighted by Crippen LogP contribution is -2.40. The van der Waals surface area contributed by atoms with Crippen LogP contribution in [0.5, 0.6) is 5.75 Å². The van der Waals surface area contributed by atoms with Gasteiger partial charge in [0.25, 0.3) is 5.91 Å². The van der Waals surface area contributed by atoms with Crippen LogP contribution in [0.2, 0.25) is 0 Å². The van der Waals surface area contributed by atoms with Crippen molar-refractivity contribution in [2.24, 2.45) is 0 Å². The van der Waals surface area contributed by atoms with Crippen molar-refractivity contribution < 1.29 is 14.3 Å². The van der Waals surface area contributed by atoms with Gasteiger partial charge in [0.05, 0.1) is 5.69 Å². The van der Waals surface area contributed by atoms with Crippen molar-refractivity contribution in [3.05, 3.63) is 54.6 Å². The van der Waals surface area contributed by atoms with Crippen LogP contribution >= 0.6 is 12.8 Å². The molecular weight excluding hydrogens is 362 g/mol. The van der Waals surface area contributed by atoms with Crippen LogP contribution in [0, 0.1) is 0 Å². The molecule has 6 nitrogen and oxygen atoms in total. The van der Waals surface area contributed by atoms with E-state index in [2.05, 4.69) is 23.0 Å². The van der Waals surface area contributed by atoms with Gasteiger partial charge in [-0.25, -0.2) is 9.10 Å². The van der Waals surface area contributed by atoms with Gasteiger partial charge in [0.1, 0.15) is 5.75 Å². The Labute approximate surface area is 164 Å². The van der Waals surface area contributed by atoms with Gasteiger partial charge < -0.3 is 9.64 Å². The number of urea groups is 1. The molecule has 2 aromatic carbocycles. The van der Waals surface area contributed by atoms with Crippen molar-refractivity contribution in [3.63, 3.8) is 0 Å². The number of amides is 3. The summed E-state index contributed by atoms with van der Waals surface area (Å²) in [4.78, 5) is 26.4. The second kappa shape index (κ2) is 9.32. The smallest absolute Gasteiger partial charge is 0.338 e. The topological polar surface area (TPSA) is 61.9 Å². The van der Waals surface area contributed by atoms with Gasteiger partial charge >= 0.3 is 6.03 Å². The number of nitrogens with one attached hydrogen (secondary N) is 1. The van der Waals surface area contributed by atoms with Crippen molar-refractivity contribution in [1.29, 1.82) is 0 Å². The van der Waals surface area contributed by atoms with Gasteiger partial charge in [-0.05, 0) is 55.7 Å². The summed E-state index contributed by atoms with van der Waals surface area (Å²) in [5.41, 5.74) is 1.72.